The van der Waals surface area contributed by atoms with Crippen LogP contribution < -0.4 is 15.3 Å². The monoisotopic (exact) mass is 482 g/mol. The number of rotatable bonds is 10. The Hall–Kier alpha value is -2.19. The lowest BCUT2D eigenvalue weighted by atomic mass is 10.2. The van der Waals surface area contributed by atoms with Gasteiger partial charge in [0.25, 0.3) is 10.0 Å². The minimum Gasteiger partial charge on any atom is -0.307 e. The number of urea groups is 1. The Morgan fingerprint density at radius 2 is 1.41 bits per heavy atom. The topological polar surface area (TPSA) is 111 Å². The van der Waals surface area contributed by atoms with Crippen LogP contribution in [0, 0.1) is 18.8 Å². The maximum absolute atomic E-state index is 13.3. The van der Waals surface area contributed by atoms with Crippen molar-refractivity contribution in [2.24, 2.45) is 11.8 Å². The quantitative estimate of drug-likeness (QED) is 0.476. The average molecular weight is 483 g/mol. The van der Waals surface area contributed by atoms with Crippen molar-refractivity contribution in [3.63, 3.8) is 0 Å². The Labute approximate surface area is 190 Å². The summed E-state index contributed by atoms with van der Waals surface area (Å²) in [6, 6.07) is 11.3. The first-order valence-electron chi connectivity index (χ1n) is 10.3. The van der Waals surface area contributed by atoms with Crippen LogP contribution in [0.3, 0.4) is 0 Å². The van der Waals surface area contributed by atoms with Crippen LogP contribution in [0.2, 0.25) is 0 Å². The molecule has 0 saturated heterocycles. The fraction of sp³-hybridized carbons (Fsp3) is 0.409. The van der Waals surface area contributed by atoms with Gasteiger partial charge in [-0.25, -0.2) is 17.9 Å². The molecular weight excluding hydrogens is 451 g/mol. The molecule has 2 amide bonds. The Balaban J connectivity index is 2.10. The lowest BCUT2D eigenvalue weighted by Gasteiger charge is -2.21. The van der Waals surface area contributed by atoms with E-state index in [-0.39, 0.29) is 29.9 Å². The van der Waals surface area contributed by atoms with Crippen molar-refractivity contribution in [2.45, 2.75) is 39.5 Å². The van der Waals surface area contributed by atoms with E-state index >= 15 is 0 Å². The van der Waals surface area contributed by atoms with Gasteiger partial charge in [0, 0.05) is 5.69 Å². The third kappa shape index (κ3) is 7.74. The summed E-state index contributed by atoms with van der Waals surface area (Å²) < 4.78 is 51.2. The van der Waals surface area contributed by atoms with Crippen LogP contribution in [0.4, 0.5) is 10.5 Å². The number of amides is 2. The normalized spacial score (nSPS) is 12.2. The van der Waals surface area contributed by atoms with Gasteiger partial charge in [0.05, 0.1) is 23.4 Å². The highest BCUT2D eigenvalue weighted by atomic mass is 32.2. The Morgan fingerprint density at radius 1 is 0.906 bits per heavy atom. The van der Waals surface area contributed by atoms with E-state index in [0.29, 0.717) is 11.0 Å². The van der Waals surface area contributed by atoms with E-state index in [2.05, 4.69) is 5.32 Å². The molecule has 0 spiro atoms. The molecule has 0 saturated carbocycles. The largest absolute Gasteiger partial charge is 0.361 e. The Morgan fingerprint density at radius 3 is 1.88 bits per heavy atom. The number of sulfonamides is 1. The van der Waals surface area contributed by atoms with Crippen molar-refractivity contribution < 1.29 is 26.8 Å². The summed E-state index contributed by atoms with van der Waals surface area (Å²) in [6.07, 6.45) is 0. The second-order valence-corrected chi connectivity index (χ2v) is 12.0. The van der Waals surface area contributed by atoms with E-state index in [1.807, 2.05) is 39.3 Å². The molecule has 0 aliphatic carbocycles. The van der Waals surface area contributed by atoms with Crippen molar-refractivity contribution in [1.29, 1.82) is 0 Å². The fourth-order valence-electron chi connectivity index (χ4n) is 2.46. The van der Waals surface area contributed by atoms with E-state index in [9.17, 15) is 17.8 Å². The Kier molecular flexibility index (Phi) is 9.04. The van der Waals surface area contributed by atoms with Gasteiger partial charge in [0.2, 0.25) is 0 Å². The molecule has 0 heterocycles. The molecular formula is C22H31N2O6PS. The molecule has 0 aromatic heterocycles. The van der Waals surface area contributed by atoms with E-state index in [1.54, 1.807) is 12.1 Å². The molecule has 0 radical (unpaired) electrons. The molecule has 0 bridgehead atoms. The molecule has 0 aliphatic rings. The lowest BCUT2D eigenvalue weighted by molar-refractivity contribution is 0.181. The van der Waals surface area contributed by atoms with E-state index in [1.165, 1.54) is 36.4 Å². The molecule has 8 nitrogen and oxygen atoms in total. The van der Waals surface area contributed by atoms with Gasteiger partial charge >= 0.3 is 13.6 Å². The van der Waals surface area contributed by atoms with E-state index in [4.69, 9.17) is 9.05 Å². The second-order valence-electron chi connectivity index (χ2n) is 8.30. The van der Waals surface area contributed by atoms with Gasteiger partial charge in [-0.3, -0.25) is 4.57 Å². The molecule has 32 heavy (non-hydrogen) atoms. The van der Waals surface area contributed by atoms with Crippen LogP contribution in [0.25, 0.3) is 0 Å². The van der Waals surface area contributed by atoms with Gasteiger partial charge in [0.15, 0.2) is 0 Å². The van der Waals surface area contributed by atoms with Gasteiger partial charge in [-0.1, -0.05) is 45.4 Å². The van der Waals surface area contributed by atoms with Gasteiger partial charge < -0.3 is 14.4 Å². The molecule has 176 valence electrons. The smallest absolute Gasteiger partial charge is 0.307 e. The van der Waals surface area contributed by atoms with Gasteiger partial charge in [0.1, 0.15) is 0 Å². The molecule has 0 aliphatic heterocycles. The molecule has 10 heteroatoms. The molecule has 0 unspecified atom stereocenters. The zero-order valence-corrected chi connectivity index (χ0v) is 20.7. The molecule has 2 aromatic rings. The predicted octanol–water partition coefficient (Wildman–Crippen LogP) is 4.67. The number of anilines is 1. The highest BCUT2D eigenvalue weighted by molar-refractivity contribution is 7.90. The molecule has 0 atom stereocenters. The van der Waals surface area contributed by atoms with Crippen LogP contribution in [0.5, 0.6) is 0 Å². The SMILES string of the molecule is Cc1ccc(S(=O)(=O)NC(=O)Nc2ccc(P(=O)(OCC(C)C)OCC(C)C)cc2)cc1. The minimum atomic E-state index is -4.01. The summed E-state index contributed by atoms with van der Waals surface area (Å²) in [5, 5.41) is 2.82. The molecule has 2 N–H and O–H groups in total. The number of aryl methyl sites for hydroxylation is 1. The van der Waals surface area contributed by atoms with E-state index < -0.39 is 23.7 Å². The third-order valence-corrected chi connectivity index (χ3v) is 7.41. The number of benzene rings is 2. The summed E-state index contributed by atoms with van der Waals surface area (Å²) in [4.78, 5) is 12.2. The zero-order chi connectivity index (χ0) is 23.9. The zero-order valence-electron chi connectivity index (χ0n) is 19.0. The predicted molar refractivity (Wildman–Crippen MR) is 126 cm³/mol. The van der Waals surface area contributed by atoms with Crippen LogP contribution in [0.15, 0.2) is 53.4 Å². The average Bonchev–Trinajstić information content (AvgIpc) is 2.71. The number of carbonyl (C=O) groups excluding carboxylic acids is 1. The van der Waals surface area contributed by atoms with Crippen molar-refractivity contribution in [2.75, 3.05) is 18.5 Å². The van der Waals surface area contributed by atoms with Crippen molar-refractivity contribution in [3.05, 3.63) is 54.1 Å². The first kappa shape index (κ1) is 26.1. The van der Waals surface area contributed by atoms with Crippen LogP contribution in [-0.4, -0.2) is 27.7 Å². The van der Waals surface area contributed by atoms with E-state index in [0.717, 1.165) is 5.56 Å². The van der Waals surface area contributed by atoms with Crippen LogP contribution in [-0.2, 0) is 23.6 Å². The molecule has 2 rings (SSSR count). The number of hydrogen-bond donors (Lipinski definition) is 2. The van der Waals surface area contributed by atoms with Crippen molar-refractivity contribution >= 4 is 34.6 Å². The van der Waals surface area contributed by atoms with Gasteiger partial charge in [-0.05, 0) is 55.2 Å². The number of hydrogen-bond acceptors (Lipinski definition) is 6. The van der Waals surface area contributed by atoms with Crippen LogP contribution in [0.1, 0.15) is 33.3 Å². The molecule has 2 aromatic carbocycles. The second kappa shape index (κ2) is 11.1. The van der Waals surface area contributed by atoms with Crippen molar-refractivity contribution in [1.82, 2.24) is 4.72 Å². The minimum absolute atomic E-state index is 0.0147. The standard InChI is InChI=1S/C22H31N2O6PS/c1-16(2)14-29-31(26,30-15-17(3)4)20-10-8-19(9-11-20)23-22(25)24-32(27,28)21-12-6-18(5)7-13-21/h6-13,16-17H,14-15H2,1-5H3,(H2,23,24,25). The maximum atomic E-state index is 13.3. The summed E-state index contributed by atoms with van der Waals surface area (Å²) in [7, 11) is -7.54. The van der Waals surface area contributed by atoms with Gasteiger partial charge in [-0.2, -0.15) is 0 Å². The summed E-state index contributed by atoms with van der Waals surface area (Å²) in [6.45, 7) is 10.2. The first-order chi connectivity index (χ1) is 14.9. The first-order valence-corrected chi connectivity index (χ1v) is 13.3. The van der Waals surface area contributed by atoms with Gasteiger partial charge in [-0.15, -0.1) is 0 Å². The summed E-state index contributed by atoms with van der Waals surface area (Å²) >= 11 is 0. The third-order valence-electron chi connectivity index (χ3n) is 4.16. The Bertz CT molecular complexity index is 1030. The fourth-order valence-corrected chi connectivity index (χ4v) is 5.25. The number of carbonyl (C=O) groups is 1. The van der Waals surface area contributed by atoms with Crippen LogP contribution >= 0.6 is 7.60 Å². The highest BCUT2D eigenvalue weighted by Gasteiger charge is 2.28. The lowest BCUT2D eigenvalue weighted by Crippen LogP contribution is -2.34. The summed E-state index contributed by atoms with van der Waals surface area (Å²) in [5.41, 5.74) is 1.23. The number of nitrogens with one attached hydrogen (secondary N) is 2. The highest BCUT2D eigenvalue weighted by Crippen LogP contribution is 2.47. The summed E-state index contributed by atoms with van der Waals surface area (Å²) in [5.74, 6) is 0.345. The maximum Gasteiger partial charge on any atom is 0.361 e. The van der Waals surface area contributed by atoms with Crippen molar-refractivity contribution in [3.8, 4) is 0 Å². The molecule has 0 fully saturated rings.